The van der Waals surface area contributed by atoms with Crippen molar-refractivity contribution >= 4 is 34.8 Å². The third-order valence-electron chi connectivity index (χ3n) is 4.35. The quantitative estimate of drug-likeness (QED) is 0.700. The van der Waals surface area contributed by atoms with Gasteiger partial charge in [0.15, 0.2) is 5.75 Å². The summed E-state index contributed by atoms with van der Waals surface area (Å²) in [6, 6.07) is 15.1. The molecule has 0 saturated carbocycles. The van der Waals surface area contributed by atoms with Gasteiger partial charge in [-0.3, -0.25) is 14.5 Å². The van der Waals surface area contributed by atoms with Gasteiger partial charge in [0.1, 0.15) is 17.9 Å². The maximum absolute atomic E-state index is 13.1. The molecule has 29 heavy (non-hydrogen) atoms. The van der Waals surface area contributed by atoms with Crippen molar-refractivity contribution in [2.75, 3.05) is 23.9 Å². The molecule has 1 N–H and O–H groups in total. The lowest BCUT2D eigenvalue weighted by Gasteiger charge is -2.21. The Hall–Kier alpha value is -3.58. The molecule has 0 unspecified atom stereocenters. The number of nitrogens with one attached hydrogen (secondary N) is 1. The number of ether oxygens (including phenoxy) is 2. The molecule has 1 aromatic heterocycles. The van der Waals surface area contributed by atoms with Crippen LogP contribution >= 0.6 is 11.6 Å². The van der Waals surface area contributed by atoms with E-state index in [-0.39, 0.29) is 23.9 Å². The average Bonchev–Trinajstić information content (AvgIpc) is 2.83. The number of methoxy groups -OCH3 is 1. The molecule has 0 spiro atoms. The predicted molar refractivity (Wildman–Crippen MR) is 109 cm³/mol. The number of aromatic nitrogens is 1. The minimum atomic E-state index is -0.416. The highest BCUT2D eigenvalue weighted by Gasteiger charge is 2.30. The third-order valence-corrected chi connectivity index (χ3v) is 4.58. The molecule has 4 rings (SSSR count). The summed E-state index contributed by atoms with van der Waals surface area (Å²) in [5, 5.41) is 3.20. The van der Waals surface area contributed by atoms with E-state index >= 15 is 0 Å². The van der Waals surface area contributed by atoms with Gasteiger partial charge in [-0.1, -0.05) is 23.7 Å². The van der Waals surface area contributed by atoms with Gasteiger partial charge < -0.3 is 14.8 Å². The molecule has 0 aliphatic carbocycles. The molecular formula is C21H16ClN3O4. The molecule has 8 heteroatoms. The summed E-state index contributed by atoms with van der Waals surface area (Å²) in [6.07, 6.45) is 1.54. The van der Waals surface area contributed by atoms with Crippen molar-refractivity contribution < 1.29 is 19.1 Å². The van der Waals surface area contributed by atoms with Crippen LogP contribution in [0, 0.1) is 0 Å². The first-order valence-corrected chi connectivity index (χ1v) is 9.12. The van der Waals surface area contributed by atoms with E-state index in [4.69, 9.17) is 21.1 Å². The molecule has 3 aromatic rings. The van der Waals surface area contributed by atoms with Gasteiger partial charge in [-0.05, 0) is 42.5 Å². The number of amides is 2. The highest BCUT2D eigenvalue weighted by Crippen LogP contribution is 2.37. The fraction of sp³-hybridized carbons (Fsp3) is 0.0952. The SMILES string of the molecule is COc1ccc(Cl)cc1NC(=O)CN1C(=O)c2cccnc2Oc2ccccc21. The summed E-state index contributed by atoms with van der Waals surface area (Å²) in [7, 11) is 1.49. The first-order valence-electron chi connectivity index (χ1n) is 8.74. The lowest BCUT2D eigenvalue weighted by atomic mass is 10.2. The van der Waals surface area contributed by atoms with Crippen molar-refractivity contribution in [1.82, 2.24) is 4.98 Å². The number of rotatable bonds is 4. The number of carbonyl (C=O) groups excluding carboxylic acids is 2. The molecule has 0 saturated heterocycles. The van der Waals surface area contributed by atoms with E-state index in [1.165, 1.54) is 12.0 Å². The Kier molecular flexibility index (Phi) is 5.05. The summed E-state index contributed by atoms with van der Waals surface area (Å²) in [4.78, 5) is 31.4. The fourth-order valence-corrected chi connectivity index (χ4v) is 3.20. The number of pyridine rings is 1. The fourth-order valence-electron chi connectivity index (χ4n) is 3.03. The number of halogens is 1. The molecule has 1 aliphatic heterocycles. The van der Waals surface area contributed by atoms with Crippen LogP contribution in [0.1, 0.15) is 10.4 Å². The number of fused-ring (bicyclic) bond motifs is 2. The van der Waals surface area contributed by atoms with Crippen molar-refractivity contribution in [3.05, 3.63) is 71.4 Å². The Morgan fingerprint density at radius 1 is 1.21 bits per heavy atom. The summed E-state index contributed by atoms with van der Waals surface area (Å²) in [5.41, 5.74) is 1.17. The lowest BCUT2D eigenvalue weighted by molar-refractivity contribution is -0.114. The Bertz CT molecular complexity index is 1100. The molecule has 0 radical (unpaired) electrons. The van der Waals surface area contributed by atoms with Crippen LogP contribution in [0.25, 0.3) is 0 Å². The zero-order chi connectivity index (χ0) is 20.4. The van der Waals surface area contributed by atoms with Crippen LogP contribution in [0.15, 0.2) is 60.8 Å². The van der Waals surface area contributed by atoms with Crippen molar-refractivity contribution in [3.63, 3.8) is 0 Å². The molecule has 2 heterocycles. The molecule has 1 aliphatic rings. The first kappa shape index (κ1) is 18.8. The second kappa shape index (κ2) is 7.81. The normalized spacial score (nSPS) is 12.3. The van der Waals surface area contributed by atoms with Crippen LogP contribution in [0.5, 0.6) is 17.4 Å². The molecule has 2 aromatic carbocycles. The number of benzene rings is 2. The number of hydrogen-bond acceptors (Lipinski definition) is 5. The standard InChI is InChI=1S/C21H16ClN3O4/c1-28-17-9-8-13(22)11-15(17)24-19(26)12-25-16-6-2-3-7-18(16)29-20-14(21(25)27)5-4-10-23-20/h2-11H,12H2,1H3,(H,24,26). The van der Waals surface area contributed by atoms with Crippen LogP contribution in [0.3, 0.4) is 0 Å². The molecule has 0 atom stereocenters. The Morgan fingerprint density at radius 3 is 2.86 bits per heavy atom. The van der Waals surface area contributed by atoms with Crippen LogP contribution in [-0.4, -0.2) is 30.5 Å². The lowest BCUT2D eigenvalue weighted by Crippen LogP contribution is -2.37. The van der Waals surface area contributed by atoms with Crippen LogP contribution in [-0.2, 0) is 4.79 Å². The van der Waals surface area contributed by atoms with E-state index in [1.54, 1.807) is 60.8 Å². The van der Waals surface area contributed by atoms with Gasteiger partial charge in [-0.25, -0.2) is 4.98 Å². The zero-order valence-corrected chi connectivity index (χ0v) is 16.1. The highest BCUT2D eigenvalue weighted by atomic mass is 35.5. The first-order chi connectivity index (χ1) is 14.1. The maximum Gasteiger partial charge on any atom is 0.264 e. The second-order valence-corrected chi connectivity index (χ2v) is 6.65. The predicted octanol–water partition coefficient (Wildman–Crippen LogP) is 4.13. The zero-order valence-electron chi connectivity index (χ0n) is 15.4. The van der Waals surface area contributed by atoms with E-state index in [9.17, 15) is 9.59 Å². The van der Waals surface area contributed by atoms with Crippen molar-refractivity contribution in [1.29, 1.82) is 0 Å². The van der Waals surface area contributed by atoms with Crippen molar-refractivity contribution in [2.45, 2.75) is 0 Å². The molecule has 146 valence electrons. The molecule has 0 bridgehead atoms. The van der Waals surface area contributed by atoms with Crippen LogP contribution in [0.2, 0.25) is 5.02 Å². The molecular weight excluding hydrogens is 394 g/mol. The number of hydrogen-bond donors (Lipinski definition) is 1. The van der Waals surface area contributed by atoms with Gasteiger partial charge in [-0.15, -0.1) is 0 Å². The summed E-state index contributed by atoms with van der Waals surface area (Å²) in [6.45, 7) is -0.233. The smallest absolute Gasteiger partial charge is 0.264 e. The molecule has 0 fully saturated rings. The largest absolute Gasteiger partial charge is 0.495 e. The van der Waals surface area contributed by atoms with Gasteiger partial charge in [0, 0.05) is 11.2 Å². The summed E-state index contributed by atoms with van der Waals surface area (Å²) in [5.74, 6) is 0.298. The minimum Gasteiger partial charge on any atom is -0.495 e. The van der Waals surface area contributed by atoms with Crippen molar-refractivity contribution in [2.24, 2.45) is 0 Å². The van der Waals surface area contributed by atoms with Crippen LogP contribution in [0.4, 0.5) is 11.4 Å². The maximum atomic E-state index is 13.1. The third kappa shape index (κ3) is 3.72. The van der Waals surface area contributed by atoms with E-state index < -0.39 is 5.91 Å². The van der Waals surface area contributed by atoms with E-state index in [2.05, 4.69) is 10.3 Å². The van der Waals surface area contributed by atoms with E-state index in [1.807, 2.05) is 0 Å². The van der Waals surface area contributed by atoms with E-state index in [0.717, 1.165) is 0 Å². The second-order valence-electron chi connectivity index (χ2n) is 6.21. The number of nitrogens with zero attached hydrogens (tertiary/aromatic N) is 2. The van der Waals surface area contributed by atoms with Crippen molar-refractivity contribution in [3.8, 4) is 17.4 Å². The Morgan fingerprint density at radius 2 is 2.03 bits per heavy atom. The van der Waals surface area contributed by atoms with Gasteiger partial charge in [0.25, 0.3) is 5.91 Å². The Balaban J connectivity index is 1.66. The monoisotopic (exact) mass is 409 g/mol. The van der Waals surface area contributed by atoms with Gasteiger partial charge in [0.2, 0.25) is 11.8 Å². The topological polar surface area (TPSA) is 80.8 Å². The minimum absolute atomic E-state index is 0.198. The number of para-hydroxylation sites is 2. The highest BCUT2D eigenvalue weighted by molar-refractivity contribution is 6.31. The average molecular weight is 410 g/mol. The van der Waals surface area contributed by atoms with Gasteiger partial charge in [0.05, 0.1) is 18.5 Å². The van der Waals surface area contributed by atoms with Gasteiger partial charge >= 0.3 is 0 Å². The van der Waals surface area contributed by atoms with E-state index in [0.29, 0.717) is 27.9 Å². The Labute approximate surface area is 171 Å². The molecule has 2 amide bonds. The van der Waals surface area contributed by atoms with Crippen LogP contribution < -0.4 is 19.7 Å². The summed E-state index contributed by atoms with van der Waals surface area (Å²) >= 11 is 6.02. The summed E-state index contributed by atoms with van der Waals surface area (Å²) < 4.78 is 11.1. The molecule has 7 nitrogen and oxygen atoms in total. The van der Waals surface area contributed by atoms with Gasteiger partial charge in [-0.2, -0.15) is 0 Å². The number of carbonyl (C=O) groups is 2. The number of anilines is 2.